The average Bonchev–Trinajstić information content (AvgIpc) is 1.29. The number of hydrogen-bond acceptors (Lipinski definition) is 29. The van der Waals surface area contributed by atoms with E-state index in [9.17, 15) is 97.0 Å². The minimum absolute atomic E-state index is 0.0435. The van der Waals surface area contributed by atoms with E-state index in [1.807, 2.05) is 13.8 Å². The Kier molecular flexibility index (Phi) is 22.8. The lowest BCUT2D eigenvalue weighted by molar-refractivity contribution is -0.366. The van der Waals surface area contributed by atoms with Gasteiger partial charge in [0.25, 0.3) is 0 Å². The van der Waals surface area contributed by atoms with E-state index in [4.69, 9.17) is 47.4 Å². The Labute approximate surface area is 523 Å². The number of rotatable bonds is 21. The summed E-state index contributed by atoms with van der Waals surface area (Å²) in [6, 6.07) is 0. The predicted molar refractivity (Wildman–Crippen MR) is 305 cm³/mol. The van der Waals surface area contributed by atoms with Crippen LogP contribution in [0.5, 0.6) is 0 Å². The molecular formula is C61H104O29. The lowest BCUT2D eigenvalue weighted by atomic mass is 9.37. The van der Waals surface area contributed by atoms with Crippen LogP contribution in [0.3, 0.4) is 0 Å². The van der Waals surface area contributed by atoms with Crippen LogP contribution in [0.1, 0.15) is 113 Å². The van der Waals surface area contributed by atoms with Crippen molar-refractivity contribution in [2.45, 2.75) is 291 Å². The molecule has 3 unspecified atom stereocenters. The van der Waals surface area contributed by atoms with Gasteiger partial charge in [0, 0.05) is 10.8 Å². The first-order valence-electron chi connectivity index (χ1n) is 32.1. The highest BCUT2D eigenvalue weighted by Gasteiger charge is 2.71. The summed E-state index contributed by atoms with van der Waals surface area (Å²) < 4.78 is 58.7. The summed E-state index contributed by atoms with van der Waals surface area (Å²) in [6.07, 6.45) is -35.9. The number of aliphatic hydroxyl groups is 19. The highest BCUT2D eigenvalue weighted by atomic mass is 16.8. The largest absolute Gasteiger partial charge is 0.394 e. The van der Waals surface area contributed by atoms with Gasteiger partial charge in [0.05, 0.1) is 56.9 Å². The first kappa shape index (κ1) is 72.8. The van der Waals surface area contributed by atoms with Crippen LogP contribution in [0.4, 0.5) is 0 Å². The highest BCUT2D eigenvalue weighted by Crippen LogP contribution is 2.76. The standard InChI is InChI=1S/C61H104O29/c1-9-61-17-16-25(24(2)10-14-36(58(5,6)80)89-55-48(77)45(74)39(68)31(87-55)22-81-52-46(75)42(71)37(66)28(19-62)83-52)59(61,7)18-34(65)60(8)27-12-15-35(57(3,4)26(27)11-13-33(60)61)88-54-47(76)44(73)40(69)32(86-54)23-82-53-50(79)51(41(70)30(21-64)84-53)90-56-49(78)43(72)38(67)29(20-63)85-56/h11,24-25,27-56,62-80H,9-10,12-23H2,1-8H3/t24-,25?,27?,28-,29-,30-,31-,32-,33?,34-,35+,36-,37-,38-,39-,40-,41-,42+,43+,44+,45+,46-,47-,48-,49-,50-,51+,52-,53-,54+,55+,56+,59-,60+,61+/m1/s1. The fourth-order valence-corrected chi connectivity index (χ4v) is 17.6. The van der Waals surface area contributed by atoms with E-state index in [-0.39, 0.29) is 40.9 Å². The van der Waals surface area contributed by atoms with E-state index in [1.54, 1.807) is 13.8 Å². The van der Waals surface area contributed by atoms with Crippen LogP contribution in [-0.4, -0.2) is 308 Å². The number of hydrogen-bond donors (Lipinski definition) is 19. The molecule has 522 valence electrons. The summed E-state index contributed by atoms with van der Waals surface area (Å²) in [5, 5.41) is 205. The summed E-state index contributed by atoms with van der Waals surface area (Å²) >= 11 is 0. The van der Waals surface area contributed by atoms with Crippen molar-refractivity contribution in [3.8, 4) is 0 Å². The van der Waals surface area contributed by atoms with E-state index in [0.29, 0.717) is 32.1 Å². The van der Waals surface area contributed by atoms with Gasteiger partial charge in [-0.3, -0.25) is 0 Å². The molecule has 0 spiro atoms. The molecular weight excluding hydrogens is 1200 g/mol. The topological polar surface area (TPSA) is 477 Å². The molecule has 9 aliphatic rings. The van der Waals surface area contributed by atoms with Crippen LogP contribution in [0, 0.1) is 45.3 Å². The number of ether oxygens (including phenoxy) is 10. The number of allylic oxidation sites excluding steroid dienone is 1. The van der Waals surface area contributed by atoms with Crippen molar-refractivity contribution in [3.63, 3.8) is 0 Å². The van der Waals surface area contributed by atoms with Crippen LogP contribution in [-0.2, 0) is 47.4 Å². The maximum Gasteiger partial charge on any atom is 0.187 e. The number of fused-ring (bicyclic) bond motifs is 5. The van der Waals surface area contributed by atoms with Crippen LogP contribution in [0.25, 0.3) is 0 Å². The molecule has 0 bridgehead atoms. The van der Waals surface area contributed by atoms with E-state index in [1.165, 1.54) is 0 Å². The Bertz CT molecular complexity index is 2370. The third-order valence-electron chi connectivity index (χ3n) is 23.2. The number of aliphatic hydroxyl groups excluding tert-OH is 18. The molecule has 5 heterocycles. The van der Waals surface area contributed by atoms with E-state index in [0.717, 1.165) is 24.8 Å². The van der Waals surface area contributed by atoms with Gasteiger partial charge in [-0.05, 0) is 106 Å². The minimum atomic E-state index is -1.91. The minimum Gasteiger partial charge on any atom is -0.394 e. The predicted octanol–water partition coefficient (Wildman–Crippen LogP) is -5.02. The molecule has 0 aromatic carbocycles. The molecule has 0 aromatic heterocycles. The zero-order valence-corrected chi connectivity index (χ0v) is 52.5. The third-order valence-corrected chi connectivity index (χ3v) is 23.2. The van der Waals surface area contributed by atoms with Crippen molar-refractivity contribution in [2.75, 3.05) is 33.0 Å². The van der Waals surface area contributed by atoms with E-state index in [2.05, 4.69) is 33.8 Å². The second-order valence-corrected chi connectivity index (χ2v) is 28.8. The maximum absolute atomic E-state index is 12.9. The lowest BCUT2D eigenvalue weighted by Crippen LogP contribution is -2.66. The van der Waals surface area contributed by atoms with Crippen molar-refractivity contribution in [1.82, 2.24) is 0 Å². The summed E-state index contributed by atoms with van der Waals surface area (Å²) in [5.41, 5.74) is -2.23. The Morgan fingerprint density at radius 2 is 1.00 bits per heavy atom. The zero-order chi connectivity index (χ0) is 66.2. The monoisotopic (exact) mass is 1300 g/mol. The normalized spacial score (nSPS) is 51.3. The maximum atomic E-state index is 12.9. The SMILES string of the molecule is CC[C@@]12CCC([C@H](C)CC[C@@H](O[C@@H]3O[C@H](CO[C@@H]4O[C@H](CO)[C@@H](O)[C@H](O)[C@H]4O)[C@@H](O)[C@H](O)[C@H]3O)C(C)(C)O)[C@@]1(C)C[C@@H](O)[C@@]1(C)C3CC[C@H](O[C@@H]4O[C@H](CO[C@@H]5O[C@H](CO)[C@@H](O)[C@H](O[C@@H]6O[C@H](CO)[C@@H](O)[C@H](O)[C@H]6O)[C@H]5O)[C@@H](O)[C@H](O)[C@H]4O)C(C)(C)C3=CCC12. The van der Waals surface area contributed by atoms with Gasteiger partial charge in [-0.25, -0.2) is 0 Å². The van der Waals surface area contributed by atoms with Crippen LogP contribution in [0.2, 0.25) is 0 Å². The molecule has 29 nitrogen and oxygen atoms in total. The van der Waals surface area contributed by atoms with Gasteiger partial charge in [0.1, 0.15) is 122 Å². The molecule has 35 atom stereocenters. The van der Waals surface area contributed by atoms with Crippen LogP contribution in [0.15, 0.2) is 11.6 Å². The second kappa shape index (κ2) is 28.2. The van der Waals surface area contributed by atoms with Gasteiger partial charge < -0.3 is 144 Å². The smallest absolute Gasteiger partial charge is 0.187 e. The first-order chi connectivity index (χ1) is 42.2. The molecule has 5 aliphatic heterocycles. The molecule has 90 heavy (non-hydrogen) atoms. The molecule has 29 heteroatoms. The van der Waals surface area contributed by atoms with E-state index < -0.39 is 221 Å². The molecule has 3 saturated carbocycles. The van der Waals surface area contributed by atoms with Gasteiger partial charge >= 0.3 is 0 Å². The van der Waals surface area contributed by atoms with Gasteiger partial charge in [0.15, 0.2) is 31.5 Å². The molecule has 0 aromatic rings. The zero-order valence-electron chi connectivity index (χ0n) is 52.5. The van der Waals surface area contributed by atoms with E-state index >= 15 is 0 Å². The highest BCUT2D eigenvalue weighted by molar-refractivity contribution is 5.32. The Morgan fingerprint density at radius 3 is 1.52 bits per heavy atom. The van der Waals surface area contributed by atoms with Crippen molar-refractivity contribution in [3.05, 3.63) is 11.6 Å². The van der Waals surface area contributed by atoms with Crippen molar-refractivity contribution in [1.29, 1.82) is 0 Å². The Balaban J connectivity index is 0.840. The second-order valence-electron chi connectivity index (χ2n) is 28.8. The summed E-state index contributed by atoms with van der Waals surface area (Å²) in [7, 11) is 0. The Morgan fingerprint density at radius 1 is 0.544 bits per heavy atom. The van der Waals surface area contributed by atoms with Gasteiger partial charge in [-0.15, -0.1) is 0 Å². The summed E-state index contributed by atoms with van der Waals surface area (Å²) in [4.78, 5) is 0. The fourth-order valence-electron chi connectivity index (χ4n) is 17.6. The Hall–Kier alpha value is -1.42. The fraction of sp³-hybridized carbons (Fsp3) is 0.967. The average molecular weight is 1300 g/mol. The third kappa shape index (κ3) is 13.0. The van der Waals surface area contributed by atoms with Crippen LogP contribution < -0.4 is 0 Å². The molecule has 8 fully saturated rings. The van der Waals surface area contributed by atoms with Gasteiger partial charge in [0.2, 0.25) is 0 Å². The molecule has 19 N–H and O–H groups in total. The van der Waals surface area contributed by atoms with Crippen molar-refractivity contribution >= 4 is 0 Å². The molecule has 9 rings (SSSR count). The van der Waals surface area contributed by atoms with Crippen molar-refractivity contribution in [2.24, 2.45) is 45.3 Å². The molecule has 4 aliphatic carbocycles. The molecule has 5 saturated heterocycles. The van der Waals surface area contributed by atoms with Crippen LogP contribution >= 0.6 is 0 Å². The summed E-state index contributed by atoms with van der Waals surface area (Å²) in [6.45, 7) is 12.7. The van der Waals surface area contributed by atoms with Crippen molar-refractivity contribution < 1.29 is 144 Å². The lowest BCUT2D eigenvalue weighted by Gasteiger charge is -2.68. The van der Waals surface area contributed by atoms with Gasteiger partial charge in [-0.1, -0.05) is 53.2 Å². The van der Waals surface area contributed by atoms with Gasteiger partial charge in [-0.2, -0.15) is 0 Å². The molecule has 0 amide bonds. The quantitative estimate of drug-likeness (QED) is 0.0479. The first-order valence-corrected chi connectivity index (χ1v) is 32.1. The summed E-state index contributed by atoms with van der Waals surface area (Å²) in [5.74, 6) is 0.169. The molecule has 0 radical (unpaired) electrons.